The van der Waals surface area contributed by atoms with Gasteiger partial charge in [0.05, 0.1) is 11.6 Å². The fraction of sp³-hybridized carbons (Fsp3) is 0.632. The Hall–Kier alpha value is -1.43. The van der Waals surface area contributed by atoms with Crippen LogP contribution < -0.4 is 11.1 Å². The van der Waals surface area contributed by atoms with E-state index in [1.54, 1.807) is 0 Å². The molecule has 132 valence electrons. The van der Waals surface area contributed by atoms with E-state index >= 15 is 0 Å². The summed E-state index contributed by atoms with van der Waals surface area (Å²) < 4.78 is 5.96. The van der Waals surface area contributed by atoms with E-state index in [1.807, 2.05) is 0 Å². The average Bonchev–Trinajstić information content (AvgIpc) is 3.36. The maximum atomic E-state index is 11.7. The molecule has 3 rings (SSSR count). The van der Waals surface area contributed by atoms with Gasteiger partial charge < -0.3 is 15.8 Å². The summed E-state index contributed by atoms with van der Waals surface area (Å²) in [5, 5.41) is 2.91. The van der Waals surface area contributed by atoms with Crippen molar-refractivity contribution in [2.24, 2.45) is 5.73 Å². The lowest BCUT2D eigenvalue weighted by Gasteiger charge is -2.32. The van der Waals surface area contributed by atoms with Crippen LogP contribution in [0.5, 0.6) is 0 Å². The van der Waals surface area contributed by atoms with Crippen molar-refractivity contribution in [1.82, 2.24) is 10.2 Å². The second kappa shape index (κ2) is 8.10. The van der Waals surface area contributed by atoms with Crippen molar-refractivity contribution in [3.63, 3.8) is 0 Å². The lowest BCUT2D eigenvalue weighted by atomic mass is 10.1. The predicted octanol–water partition coefficient (Wildman–Crippen LogP) is 1.67. The zero-order valence-electron chi connectivity index (χ0n) is 14.4. The van der Waals surface area contributed by atoms with Gasteiger partial charge in [0.1, 0.15) is 0 Å². The van der Waals surface area contributed by atoms with Crippen LogP contribution in [-0.4, -0.2) is 48.7 Å². The van der Waals surface area contributed by atoms with Gasteiger partial charge in [-0.3, -0.25) is 9.69 Å². The summed E-state index contributed by atoms with van der Waals surface area (Å²) in [6, 6.07) is 10.6. The molecule has 0 atom stereocenters. The summed E-state index contributed by atoms with van der Waals surface area (Å²) in [6.07, 6.45) is 5.02. The minimum Gasteiger partial charge on any atom is -0.378 e. The van der Waals surface area contributed by atoms with Gasteiger partial charge in [-0.1, -0.05) is 30.3 Å². The van der Waals surface area contributed by atoms with Crippen LogP contribution in [0.25, 0.3) is 0 Å². The van der Waals surface area contributed by atoms with E-state index in [4.69, 9.17) is 10.5 Å². The molecule has 1 amide bonds. The molecule has 0 radical (unpaired) electrons. The molecule has 2 fully saturated rings. The highest BCUT2D eigenvalue weighted by atomic mass is 16.5. The molecule has 1 aromatic carbocycles. The maximum absolute atomic E-state index is 11.7. The fourth-order valence-corrected chi connectivity index (χ4v) is 3.14. The number of carbonyl (C=O) groups excluding carboxylic acids is 1. The first-order chi connectivity index (χ1) is 11.7. The normalized spacial score (nSPS) is 20.7. The van der Waals surface area contributed by atoms with Crippen LogP contribution in [-0.2, 0) is 16.1 Å². The number of likely N-dealkylation sites (tertiary alicyclic amines) is 1. The Bertz CT molecular complexity index is 523. The summed E-state index contributed by atoms with van der Waals surface area (Å²) in [6.45, 7) is 4.57. The summed E-state index contributed by atoms with van der Waals surface area (Å²) in [4.78, 5) is 14.2. The first-order valence-corrected chi connectivity index (χ1v) is 9.11. The van der Waals surface area contributed by atoms with Gasteiger partial charge in [-0.05, 0) is 37.7 Å². The van der Waals surface area contributed by atoms with E-state index in [0.29, 0.717) is 19.3 Å². The topological polar surface area (TPSA) is 67.6 Å². The molecule has 24 heavy (non-hydrogen) atoms. The van der Waals surface area contributed by atoms with Crippen molar-refractivity contribution < 1.29 is 9.53 Å². The number of nitrogens with zero attached hydrogens (tertiary/aromatic N) is 1. The van der Waals surface area contributed by atoms with Crippen LogP contribution in [0.1, 0.15) is 37.7 Å². The molecule has 0 unspecified atom stereocenters. The molecule has 1 saturated carbocycles. The van der Waals surface area contributed by atoms with Crippen molar-refractivity contribution in [3.05, 3.63) is 35.9 Å². The molecular weight excluding hydrogens is 302 g/mol. The monoisotopic (exact) mass is 331 g/mol. The molecule has 1 saturated heterocycles. The van der Waals surface area contributed by atoms with Gasteiger partial charge in [-0.2, -0.15) is 0 Å². The molecule has 5 nitrogen and oxygen atoms in total. The number of piperidine rings is 1. The highest BCUT2D eigenvalue weighted by Gasteiger charge is 2.45. The standard InChI is InChI=1S/C19H29N3O2/c20-19(9-10-19)18(23)21-11-4-14-24-17-7-12-22(13-8-17)15-16-5-2-1-3-6-16/h1-3,5-6,17H,4,7-15,20H2,(H,21,23). The highest BCUT2D eigenvalue weighted by molar-refractivity contribution is 5.88. The van der Waals surface area contributed by atoms with E-state index in [0.717, 1.165) is 51.7 Å². The van der Waals surface area contributed by atoms with Gasteiger partial charge in [0.15, 0.2) is 0 Å². The minimum absolute atomic E-state index is 0.00304. The molecule has 3 N–H and O–H groups in total. The van der Waals surface area contributed by atoms with E-state index in [9.17, 15) is 4.79 Å². The molecule has 0 aromatic heterocycles. The maximum Gasteiger partial charge on any atom is 0.240 e. The van der Waals surface area contributed by atoms with Crippen LogP contribution in [0, 0.1) is 0 Å². The number of ether oxygens (including phenoxy) is 1. The second-order valence-corrected chi connectivity index (χ2v) is 7.10. The van der Waals surface area contributed by atoms with E-state index in [-0.39, 0.29) is 5.91 Å². The fourth-order valence-electron chi connectivity index (χ4n) is 3.14. The van der Waals surface area contributed by atoms with Gasteiger partial charge in [-0.15, -0.1) is 0 Å². The van der Waals surface area contributed by atoms with Crippen LogP contribution >= 0.6 is 0 Å². The van der Waals surface area contributed by atoms with Gasteiger partial charge in [0.25, 0.3) is 0 Å². The SMILES string of the molecule is NC1(C(=O)NCCCOC2CCN(Cc3ccccc3)CC2)CC1. The first-order valence-electron chi connectivity index (χ1n) is 9.11. The van der Waals surface area contributed by atoms with Crippen molar-refractivity contribution in [3.8, 4) is 0 Å². The molecular formula is C19H29N3O2. The Labute approximate surface area is 144 Å². The molecule has 1 heterocycles. The molecule has 5 heteroatoms. The summed E-state index contributed by atoms with van der Waals surface area (Å²) in [5.74, 6) is -0.00304. The van der Waals surface area contributed by atoms with Crippen LogP contribution in [0.2, 0.25) is 0 Å². The molecule has 1 aliphatic carbocycles. The lowest BCUT2D eigenvalue weighted by molar-refractivity contribution is -0.123. The number of hydrogen-bond donors (Lipinski definition) is 2. The highest BCUT2D eigenvalue weighted by Crippen LogP contribution is 2.31. The largest absolute Gasteiger partial charge is 0.378 e. The number of amides is 1. The van der Waals surface area contributed by atoms with Gasteiger partial charge in [-0.25, -0.2) is 0 Å². The first kappa shape index (κ1) is 17.4. The quantitative estimate of drug-likeness (QED) is 0.711. The molecule has 2 aliphatic rings. The third-order valence-electron chi connectivity index (χ3n) is 4.98. The van der Waals surface area contributed by atoms with E-state index in [1.165, 1.54) is 5.56 Å². The molecule has 0 bridgehead atoms. The van der Waals surface area contributed by atoms with Crippen molar-refractivity contribution in [2.45, 2.75) is 50.3 Å². The van der Waals surface area contributed by atoms with Gasteiger partial charge >= 0.3 is 0 Å². The van der Waals surface area contributed by atoms with E-state index in [2.05, 4.69) is 40.5 Å². The molecule has 0 spiro atoms. The number of carbonyl (C=O) groups is 1. The zero-order chi connectivity index (χ0) is 16.8. The molecule has 1 aromatic rings. The predicted molar refractivity (Wildman–Crippen MR) is 94.5 cm³/mol. The Morgan fingerprint density at radius 2 is 1.96 bits per heavy atom. The van der Waals surface area contributed by atoms with Crippen LogP contribution in [0.4, 0.5) is 0 Å². The minimum atomic E-state index is -0.563. The Morgan fingerprint density at radius 1 is 1.25 bits per heavy atom. The number of rotatable bonds is 8. The Morgan fingerprint density at radius 3 is 2.62 bits per heavy atom. The van der Waals surface area contributed by atoms with Crippen molar-refractivity contribution >= 4 is 5.91 Å². The Balaban J connectivity index is 1.24. The summed E-state index contributed by atoms with van der Waals surface area (Å²) in [5.41, 5.74) is 6.65. The van der Waals surface area contributed by atoms with Crippen molar-refractivity contribution in [2.75, 3.05) is 26.2 Å². The number of hydrogen-bond acceptors (Lipinski definition) is 4. The van der Waals surface area contributed by atoms with Gasteiger partial charge in [0.2, 0.25) is 5.91 Å². The number of benzene rings is 1. The lowest BCUT2D eigenvalue weighted by Crippen LogP contribution is -2.43. The van der Waals surface area contributed by atoms with Crippen LogP contribution in [0.15, 0.2) is 30.3 Å². The zero-order valence-corrected chi connectivity index (χ0v) is 14.4. The van der Waals surface area contributed by atoms with Crippen molar-refractivity contribution in [1.29, 1.82) is 0 Å². The van der Waals surface area contributed by atoms with Gasteiger partial charge in [0, 0.05) is 32.8 Å². The third kappa shape index (κ3) is 5.03. The summed E-state index contributed by atoms with van der Waals surface area (Å²) >= 11 is 0. The number of nitrogens with two attached hydrogens (primary N) is 1. The van der Waals surface area contributed by atoms with E-state index < -0.39 is 5.54 Å². The Kier molecular flexibility index (Phi) is 5.87. The smallest absolute Gasteiger partial charge is 0.240 e. The second-order valence-electron chi connectivity index (χ2n) is 7.10. The number of nitrogens with one attached hydrogen (secondary N) is 1. The average molecular weight is 331 g/mol. The molecule has 1 aliphatic heterocycles. The summed E-state index contributed by atoms with van der Waals surface area (Å²) in [7, 11) is 0. The third-order valence-corrected chi connectivity index (χ3v) is 4.98. The van der Waals surface area contributed by atoms with Crippen LogP contribution in [0.3, 0.4) is 0 Å².